The molecule has 1 N–H and O–H groups in total. The highest BCUT2D eigenvalue weighted by molar-refractivity contribution is 7.80. The Kier molecular flexibility index (Phi) is 4.76. The van der Waals surface area contributed by atoms with Crippen LogP contribution in [0, 0.1) is 0 Å². The Balaban J connectivity index is 1.72. The molecule has 154 valence electrons. The maximum Gasteiger partial charge on any atom is 0.418 e. The van der Waals surface area contributed by atoms with Crippen LogP contribution in [0.15, 0.2) is 36.5 Å². The largest absolute Gasteiger partial charge is 0.467 e. The van der Waals surface area contributed by atoms with Gasteiger partial charge in [0, 0.05) is 12.1 Å². The molecule has 2 aliphatic heterocycles. The van der Waals surface area contributed by atoms with E-state index >= 15 is 0 Å². The summed E-state index contributed by atoms with van der Waals surface area (Å²) >= 11 is 0. The van der Waals surface area contributed by atoms with Gasteiger partial charge in [0.15, 0.2) is 6.04 Å². The molecular weight excluding hydrogens is 404 g/mol. The molecule has 2 aliphatic rings. The molecular formula is C17H18N4O7S. The van der Waals surface area contributed by atoms with E-state index in [0.29, 0.717) is 29.3 Å². The third-order valence-electron chi connectivity index (χ3n) is 4.98. The molecule has 2 aromatic rings. The second kappa shape index (κ2) is 7.13. The van der Waals surface area contributed by atoms with Crippen molar-refractivity contribution in [2.45, 2.75) is 25.0 Å². The molecule has 0 saturated carbocycles. The number of esters is 1. The minimum atomic E-state index is -4.93. The van der Waals surface area contributed by atoms with E-state index in [4.69, 9.17) is 9.29 Å². The Bertz CT molecular complexity index is 1050. The first-order valence-electron chi connectivity index (χ1n) is 8.74. The van der Waals surface area contributed by atoms with Gasteiger partial charge in [0.1, 0.15) is 6.04 Å². The van der Waals surface area contributed by atoms with Crippen LogP contribution in [-0.4, -0.2) is 58.4 Å². The third kappa shape index (κ3) is 3.45. The van der Waals surface area contributed by atoms with Crippen LogP contribution in [0.3, 0.4) is 0 Å². The number of aromatic nitrogens is 2. The SMILES string of the molecule is COC(=O)[C@@H]1c2c(cnn2CCc2ccccc2)[C@H]2CN1C(=O)N2OS(=O)(=O)O. The number of amides is 2. The average molecular weight is 422 g/mol. The fourth-order valence-electron chi connectivity index (χ4n) is 3.75. The highest BCUT2D eigenvalue weighted by Gasteiger charge is 2.54. The first-order valence-corrected chi connectivity index (χ1v) is 10.1. The van der Waals surface area contributed by atoms with Crippen LogP contribution in [0.1, 0.15) is 28.9 Å². The van der Waals surface area contributed by atoms with E-state index in [0.717, 1.165) is 10.5 Å². The molecule has 11 nitrogen and oxygen atoms in total. The maximum absolute atomic E-state index is 12.7. The number of hydrogen-bond acceptors (Lipinski definition) is 7. The summed E-state index contributed by atoms with van der Waals surface area (Å²) in [6.45, 7) is 0.423. The normalized spacial score (nSPS) is 20.7. The number of nitrogens with zero attached hydrogens (tertiary/aromatic N) is 4. The third-order valence-corrected chi connectivity index (χ3v) is 5.33. The summed E-state index contributed by atoms with van der Waals surface area (Å²) in [6.07, 6.45) is 2.10. The lowest BCUT2D eigenvalue weighted by molar-refractivity contribution is -0.146. The number of hydrogen-bond donors (Lipinski definition) is 1. The van der Waals surface area contributed by atoms with Crippen molar-refractivity contribution in [3.8, 4) is 0 Å². The van der Waals surface area contributed by atoms with Crippen LogP contribution in [-0.2, 0) is 37.2 Å². The Morgan fingerprint density at radius 2 is 2.03 bits per heavy atom. The van der Waals surface area contributed by atoms with Crippen molar-refractivity contribution in [3.05, 3.63) is 53.3 Å². The number of carbonyl (C=O) groups excluding carboxylic acids is 2. The quantitative estimate of drug-likeness (QED) is 0.536. The topological polar surface area (TPSA) is 131 Å². The number of hydroxylamine groups is 2. The molecule has 3 heterocycles. The lowest BCUT2D eigenvalue weighted by atomic mass is 9.98. The summed E-state index contributed by atoms with van der Waals surface area (Å²) in [6, 6.07) is 6.86. The molecule has 1 saturated heterocycles. The average Bonchev–Trinajstić information content (AvgIpc) is 3.22. The van der Waals surface area contributed by atoms with E-state index < -0.39 is 34.5 Å². The van der Waals surface area contributed by atoms with E-state index in [1.165, 1.54) is 13.3 Å². The van der Waals surface area contributed by atoms with E-state index in [2.05, 4.69) is 9.38 Å². The van der Waals surface area contributed by atoms with Gasteiger partial charge in [-0.25, -0.2) is 9.59 Å². The maximum atomic E-state index is 12.7. The van der Waals surface area contributed by atoms with Crippen molar-refractivity contribution in [1.29, 1.82) is 0 Å². The van der Waals surface area contributed by atoms with Crippen molar-refractivity contribution < 1.29 is 31.6 Å². The summed E-state index contributed by atoms with van der Waals surface area (Å²) in [5.74, 6) is -0.687. The van der Waals surface area contributed by atoms with Gasteiger partial charge in [-0.1, -0.05) is 30.3 Å². The van der Waals surface area contributed by atoms with E-state index in [9.17, 15) is 18.0 Å². The van der Waals surface area contributed by atoms with Gasteiger partial charge in [-0.2, -0.15) is 18.6 Å². The second-order valence-corrected chi connectivity index (χ2v) is 7.65. The van der Waals surface area contributed by atoms with E-state index in [1.807, 2.05) is 30.3 Å². The number of ether oxygens (including phenoxy) is 1. The molecule has 0 unspecified atom stereocenters. The number of carbonyl (C=O) groups is 2. The van der Waals surface area contributed by atoms with Gasteiger partial charge in [0.05, 0.1) is 25.5 Å². The number of fused-ring (bicyclic) bond motifs is 4. The molecule has 1 fully saturated rings. The molecule has 2 amide bonds. The Hall–Kier alpha value is -2.96. The molecule has 0 spiro atoms. The number of aryl methyl sites for hydroxylation is 2. The molecule has 0 aliphatic carbocycles. The minimum absolute atomic E-state index is 0.00843. The van der Waals surface area contributed by atoms with E-state index in [-0.39, 0.29) is 6.54 Å². The van der Waals surface area contributed by atoms with Crippen molar-refractivity contribution in [2.24, 2.45) is 0 Å². The zero-order valence-electron chi connectivity index (χ0n) is 15.3. The van der Waals surface area contributed by atoms with Crippen molar-refractivity contribution in [2.75, 3.05) is 13.7 Å². The van der Waals surface area contributed by atoms with E-state index in [1.54, 1.807) is 4.68 Å². The number of urea groups is 1. The van der Waals surface area contributed by atoms with Gasteiger partial charge in [-0.05, 0) is 12.0 Å². The summed E-state index contributed by atoms with van der Waals surface area (Å²) in [7, 11) is -3.73. The molecule has 2 atom stereocenters. The first kappa shape index (κ1) is 19.4. The summed E-state index contributed by atoms with van der Waals surface area (Å²) in [4.78, 5) is 26.3. The zero-order chi connectivity index (χ0) is 20.8. The predicted molar refractivity (Wildman–Crippen MR) is 96.4 cm³/mol. The van der Waals surface area contributed by atoms with Gasteiger partial charge in [-0.3, -0.25) is 9.23 Å². The van der Waals surface area contributed by atoms with Gasteiger partial charge in [0.2, 0.25) is 0 Å². The van der Waals surface area contributed by atoms with Crippen LogP contribution in [0.25, 0.3) is 0 Å². The molecule has 12 heteroatoms. The Labute approximate surface area is 166 Å². The van der Waals surface area contributed by atoms with Gasteiger partial charge in [-0.15, -0.1) is 4.28 Å². The Morgan fingerprint density at radius 1 is 1.31 bits per heavy atom. The van der Waals surface area contributed by atoms with Gasteiger partial charge >= 0.3 is 22.4 Å². The first-order chi connectivity index (χ1) is 13.8. The lowest BCUT2D eigenvalue weighted by Crippen LogP contribution is -2.40. The molecule has 29 heavy (non-hydrogen) atoms. The van der Waals surface area contributed by atoms with Crippen LogP contribution in [0.5, 0.6) is 0 Å². The fourth-order valence-corrected chi connectivity index (χ4v) is 4.12. The van der Waals surface area contributed by atoms with Crippen LogP contribution in [0.4, 0.5) is 4.79 Å². The van der Waals surface area contributed by atoms with Gasteiger partial charge < -0.3 is 9.64 Å². The van der Waals surface area contributed by atoms with Crippen molar-refractivity contribution in [1.82, 2.24) is 19.7 Å². The predicted octanol–water partition coefficient (Wildman–Crippen LogP) is 0.867. The number of benzene rings is 1. The molecule has 1 aromatic carbocycles. The summed E-state index contributed by atoms with van der Waals surface area (Å²) in [5.41, 5.74) is 1.95. The zero-order valence-corrected chi connectivity index (χ0v) is 16.2. The van der Waals surface area contributed by atoms with Crippen LogP contribution in [0.2, 0.25) is 0 Å². The lowest BCUT2D eigenvalue weighted by Gasteiger charge is -2.29. The smallest absolute Gasteiger partial charge is 0.418 e. The minimum Gasteiger partial charge on any atom is -0.467 e. The number of rotatable bonds is 6. The Morgan fingerprint density at radius 3 is 2.69 bits per heavy atom. The van der Waals surface area contributed by atoms with Crippen molar-refractivity contribution >= 4 is 22.4 Å². The molecule has 1 aromatic heterocycles. The standard InChI is InChI=1S/C17H18N4O7S/c1-27-16(22)15-14-12(9-18-20(14)8-7-11-5-3-2-4-6-11)13-10-19(15)17(23)21(13)28-29(24,25)26/h2-6,9,13,15H,7-8,10H2,1H3,(H,24,25,26)/t13-,15+/m1/s1. The highest BCUT2D eigenvalue weighted by atomic mass is 32.3. The summed E-state index contributed by atoms with van der Waals surface area (Å²) in [5, 5.41) is 4.87. The van der Waals surface area contributed by atoms with Crippen LogP contribution >= 0.6 is 0 Å². The number of methoxy groups -OCH3 is 1. The molecule has 4 rings (SSSR count). The fraction of sp³-hybridized carbons (Fsp3) is 0.353. The highest BCUT2D eigenvalue weighted by Crippen LogP contribution is 2.44. The molecule has 2 bridgehead atoms. The second-order valence-electron chi connectivity index (χ2n) is 6.65. The summed E-state index contributed by atoms with van der Waals surface area (Å²) < 4.78 is 42.3. The monoisotopic (exact) mass is 422 g/mol. The van der Waals surface area contributed by atoms with Crippen molar-refractivity contribution in [3.63, 3.8) is 0 Å². The van der Waals surface area contributed by atoms with Gasteiger partial charge in [0.25, 0.3) is 0 Å². The molecule has 0 radical (unpaired) electrons. The van der Waals surface area contributed by atoms with Crippen LogP contribution < -0.4 is 0 Å².